The average Bonchev–Trinajstić information content (AvgIpc) is 0. The SMILES string of the molecule is [Ag+].[Ag+].[Ag+].[Ag+].[S-2].[S-2]. The van der Waals surface area contributed by atoms with Gasteiger partial charge in [-0.3, -0.25) is 0 Å². The van der Waals surface area contributed by atoms with Crippen molar-refractivity contribution in [1.29, 1.82) is 0 Å². The molecule has 0 amide bonds. The van der Waals surface area contributed by atoms with Crippen molar-refractivity contribution in [3.63, 3.8) is 0 Å². The Bertz CT molecular complexity index is 5.51. The van der Waals surface area contributed by atoms with E-state index in [0.717, 1.165) is 0 Å². The van der Waals surface area contributed by atoms with Crippen molar-refractivity contribution < 1.29 is 89.5 Å². The van der Waals surface area contributed by atoms with Crippen molar-refractivity contribution >= 4 is 27.0 Å². The van der Waals surface area contributed by atoms with Crippen molar-refractivity contribution in [2.45, 2.75) is 0 Å². The number of hydrogen-bond acceptors (Lipinski definition) is 0. The van der Waals surface area contributed by atoms with Gasteiger partial charge in [-0.25, -0.2) is 0 Å². The third-order valence-electron chi connectivity index (χ3n) is 0. The molecule has 0 N–H and O–H groups in total. The Kier molecular flexibility index (Phi) is 342. The predicted octanol–water partition coefficient (Wildman–Crippen LogP) is -0.0148. The van der Waals surface area contributed by atoms with Crippen LogP contribution in [0, 0.1) is 0 Å². The van der Waals surface area contributed by atoms with Gasteiger partial charge in [0.1, 0.15) is 0 Å². The maximum Gasteiger partial charge on any atom is 1.00 e. The van der Waals surface area contributed by atoms with Crippen LogP contribution in [-0.4, -0.2) is 0 Å². The Morgan fingerprint density at radius 1 is 0.333 bits per heavy atom. The fourth-order valence-electron chi connectivity index (χ4n) is 0. The van der Waals surface area contributed by atoms with Crippen LogP contribution < -0.4 is 0 Å². The van der Waals surface area contributed by atoms with Crippen LogP contribution in [0.15, 0.2) is 0 Å². The molecule has 0 spiro atoms. The molecular weight excluding hydrogens is 496 g/mol. The van der Waals surface area contributed by atoms with Crippen LogP contribution in [0.3, 0.4) is 0 Å². The second-order valence-electron chi connectivity index (χ2n) is 0. The summed E-state index contributed by atoms with van der Waals surface area (Å²) in [6.07, 6.45) is 0. The fourth-order valence-corrected chi connectivity index (χ4v) is 0. The number of rotatable bonds is 0. The molecule has 0 aromatic carbocycles. The van der Waals surface area contributed by atoms with E-state index in [4.69, 9.17) is 0 Å². The molecule has 0 saturated heterocycles. The summed E-state index contributed by atoms with van der Waals surface area (Å²) in [4.78, 5) is 0. The molecule has 0 nitrogen and oxygen atoms in total. The summed E-state index contributed by atoms with van der Waals surface area (Å²) in [5.41, 5.74) is 0. The van der Waals surface area contributed by atoms with Gasteiger partial charge in [-0.15, -0.1) is 0 Å². The first kappa shape index (κ1) is 54.1. The third kappa shape index (κ3) is 25.4. The molecule has 0 heterocycles. The minimum Gasteiger partial charge on any atom is -2.00 e. The molecule has 0 bridgehead atoms. The van der Waals surface area contributed by atoms with E-state index in [1.54, 1.807) is 0 Å². The molecule has 6 heavy (non-hydrogen) atoms. The summed E-state index contributed by atoms with van der Waals surface area (Å²) >= 11 is 0. The maximum absolute atomic E-state index is 0. The quantitative estimate of drug-likeness (QED) is 0.415. The summed E-state index contributed by atoms with van der Waals surface area (Å²) in [6.45, 7) is 0. The van der Waals surface area contributed by atoms with Crippen molar-refractivity contribution in [1.82, 2.24) is 0 Å². The smallest absolute Gasteiger partial charge is 1.00 e. The van der Waals surface area contributed by atoms with Gasteiger partial charge >= 0.3 is 89.5 Å². The first-order valence-electron chi connectivity index (χ1n) is 0. The van der Waals surface area contributed by atoms with Crippen molar-refractivity contribution in [2.75, 3.05) is 0 Å². The zero-order valence-electron chi connectivity index (χ0n) is 2.02. The van der Waals surface area contributed by atoms with Crippen LogP contribution in [0.25, 0.3) is 0 Å². The summed E-state index contributed by atoms with van der Waals surface area (Å²) in [5.74, 6) is 0. The Morgan fingerprint density at radius 2 is 0.333 bits per heavy atom. The van der Waals surface area contributed by atoms with Crippen LogP contribution in [0.2, 0.25) is 0 Å². The minimum absolute atomic E-state index is 0. The maximum atomic E-state index is 0. The molecular formula is Ag4S2. The monoisotopic (exact) mass is 492 g/mol. The average molecular weight is 496 g/mol. The fraction of sp³-hybridized carbons (Fsp3) is 0. The Hall–Kier alpha value is 3.66. The van der Waals surface area contributed by atoms with Gasteiger partial charge in [0.15, 0.2) is 0 Å². The topological polar surface area (TPSA) is 0 Å². The third-order valence-corrected chi connectivity index (χ3v) is 0. The van der Waals surface area contributed by atoms with E-state index in [1.807, 2.05) is 0 Å². The molecule has 0 fully saturated rings. The zero-order chi connectivity index (χ0) is 0. The molecule has 0 atom stereocenters. The summed E-state index contributed by atoms with van der Waals surface area (Å²) in [5, 5.41) is 0. The van der Waals surface area contributed by atoms with Gasteiger partial charge in [0, 0.05) is 0 Å². The predicted molar refractivity (Wildman–Crippen MR) is 14.7 cm³/mol. The van der Waals surface area contributed by atoms with Gasteiger partial charge in [-0.2, -0.15) is 0 Å². The Balaban J connectivity index is 0. The van der Waals surface area contributed by atoms with Gasteiger partial charge in [-0.05, 0) is 0 Å². The van der Waals surface area contributed by atoms with E-state index in [1.165, 1.54) is 0 Å². The van der Waals surface area contributed by atoms with Crippen LogP contribution in [0.5, 0.6) is 0 Å². The van der Waals surface area contributed by atoms with Crippen molar-refractivity contribution in [3.8, 4) is 0 Å². The van der Waals surface area contributed by atoms with Crippen LogP contribution in [0.4, 0.5) is 0 Å². The molecule has 0 aliphatic carbocycles. The van der Waals surface area contributed by atoms with Crippen molar-refractivity contribution in [3.05, 3.63) is 0 Å². The van der Waals surface area contributed by atoms with Gasteiger partial charge in [0.05, 0.1) is 0 Å². The standard InChI is InChI=1S/4Ag.2S/q4*+1;2*-2. The van der Waals surface area contributed by atoms with Gasteiger partial charge in [0.25, 0.3) is 0 Å². The molecule has 0 aromatic rings. The normalized spacial score (nSPS) is 0. The molecule has 6 heteroatoms. The second-order valence-corrected chi connectivity index (χ2v) is 0. The summed E-state index contributed by atoms with van der Waals surface area (Å²) < 4.78 is 0. The molecule has 0 rings (SSSR count). The molecule has 56 valence electrons. The number of hydrogen-bond donors (Lipinski definition) is 0. The minimum atomic E-state index is 0. The van der Waals surface area contributed by atoms with E-state index in [2.05, 4.69) is 0 Å². The Labute approximate surface area is 114 Å². The zero-order valence-corrected chi connectivity index (χ0v) is 9.58. The Morgan fingerprint density at radius 3 is 0.333 bits per heavy atom. The van der Waals surface area contributed by atoms with Crippen LogP contribution >= 0.6 is 0 Å². The first-order valence-corrected chi connectivity index (χ1v) is 0. The van der Waals surface area contributed by atoms with Crippen LogP contribution in [0.1, 0.15) is 0 Å². The van der Waals surface area contributed by atoms with E-state index in [-0.39, 0.29) is 117 Å². The van der Waals surface area contributed by atoms with Gasteiger partial charge in [-0.1, -0.05) is 0 Å². The summed E-state index contributed by atoms with van der Waals surface area (Å²) in [7, 11) is 0. The molecule has 0 aromatic heterocycles. The van der Waals surface area contributed by atoms with Crippen molar-refractivity contribution in [2.24, 2.45) is 0 Å². The van der Waals surface area contributed by atoms with Gasteiger partial charge < -0.3 is 27.0 Å². The van der Waals surface area contributed by atoms with Crippen LogP contribution in [-0.2, 0) is 117 Å². The van der Waals surface area contributed by atoms with E-state index < -0.39 is 0 Å². The molecule has 0 unspecified atom stereocenters. The second kappa shape index (κ2) is 37.9. The van der Waals surface area contributed by atoms with E-state index in [9.17, 15) is 0 Å². The van der Waals surface area contributed by atoms with Gasteiger partial charge in [0.2, 0.25) is 0 Å². The van der Waals surface area contributed by atoms with E-state index in [0.29, 0.717) is 0 Å². The molecule has 0 saturated carbocycles. The largest absolute Gasteiger partial charge is 2.00 e. The molecule has 0 aliphatic heterocycles. The first-order chi connectivity index (χ1) is 0. The molecule has 0 radical (unpaired) electrons. The van der Waals surface area contributed by atoms with E-state index >= 15 is 0 Å². The summed E-state index contributed by atoms with van der Waals surface area (Å²) in [6, 6.07) is 0. The molecule has 0 aliphatic rings.